The Kier molecular flexibility index (Phi) is 10.2. The van der Waals surface area contributed by atoms with Crippen LogP contribution in [0.1, 0.15) is 55.6 Å². The molecule has 4 rings (SSSR count). The molecule has 1 N–H and O–H groups in total. The molecule has 3 aromatic carbocycles. The summed E-state index contributed by atoms with van der Waals surface area (Å²) in [6, 6.07) is 16.8. The normalized spacial score (nSPS) is 16.6. The van der Waals surface area contributed by atoms with Gasteiger partial charge in [-0.2, -0.15) is 0 Å². The van der Waals surface area contributed by atoms with E-state index in [4.69, 9.17) is 25.8 Å². The van der Waals surface area contributed by atoms with E-state index >= 15 is 0 Å². The molecule has 0 bridgehead atoms. The zero-order valence-corrected chi connectivity index (χ0v) is 26.1. The summed E-state index contributed by atoms with van der Waals surface area (Å²) in [6.07, 6.45) is 0.505. The lowest BCUT2D eigenvalue weighted by Gasteiger charge is -2.41. The monoisotopic (exact) mass is 607 g/mol. The third-order valence-corrected chi connectivity index (χ3v) is 8.05. The van der Waals surface area contributed by atoms with Crippen molar-refractivity contribution in [2.75, 3.05) is 38.1 Å². The summed E-state index contributed by atoms with van der Waals surface area (Å²) >= 11 is 6.43. The van der Waals surface area contributed by atoms with Gasteiger partial charge in [-0.25, -0.2) is 0 Å². The average molecular weight is 608 g/mol. The van der Waals surface area contributed by atoms with Gasteiger partial charge in [0.15, 0.2) is 11.5 Å². The van der Waals surface area contributed by atoms with Gasteiger partial charge in [0.05, 0.1) is 43.9 Å². The molecule has 0 spiro atoms. The first-order chi connectivity index (χ1) is 20.6. The lowest BCUT2D eigenvalue weighted by Crippen LogP contribution is -2.47. The fraction of sp³-hybridized carbons (Fsp3) is 0.364. The van der Waals surface area contributed by atoms with Crippen LogP contribution in [0.5, 0.6) is 17.2 Å². The number of ether oxygens (including phenoxy) is 3. The highest BCUT2D eigenvalue weighted by molar-refractivity contribution is 6.34. The Labute approximate surface area is 257 Å². The number of methoxy groups -OCH3 is 3. The lowest BCUT2D eigenvalue weighted by atomic mass is 9.83. The van der Waals surface area contributed by atoms with Crippen LogP contribution >= 0.6 is 11.6 Å². The van der Waals surface area contributed by atoms with Crippen LogP contribution in [-0.2, 0) is 9.59 Å². The molecule has 0 aliphatic carbocycles. The van der Waals surface area contributed by atoms with Crippen molar-refractivity contribution in [2.24, 2.45) is 5.92 Å². The van der Waals surface area contributed by atoms with E-state index in [1.54, 1.807) is 78.6 Å². The summed E-state index contributed by atoms with van der Waals surface area (Å²) in [5.41, 5.74) is 2.10. The number of nitrogens with zero attached hydrogens (tertiary/aromatic N) is 2. The van der Waals surface area contributed by atoms with Crippen molar-refractivity contribution in [1.29, 1.82) is 0 Å². The van der Waals surface area contributed by atoms with Gasteiger partial charge in [0.1, 0.15) is 5.75 Å². The van der Waals surface area contributed by atoms with Gasteiger partial charge in [0.2, 0.25) is 11.8 Å². The molecule has 3 aromatic rings. The zero-order chi connectivity index (χ0) is 31.3. The molecular weight excluding hydrogens is 570 g/mol. The van der Waals surface area contributed by atoms with Crippen LogP contribution in [0.15, 0.2) is 60.7 Å². The van der Waals surface area contributed by atoms with Crippen LogP contribution in [0.3, 0.4) is 0 Å². The highest BCUT2D eigenvalue weighted by atomic mass is 35.5. The number of carbonyl (C=O) groups is 3. The van der Waals surface area contributed by atoms with E-state index in [1.807, 2.05) is 26.8 Å². The fourth-order valence-electron chi connectivity index (χ4n) is 5.53. The molecule has 1 fully saturated rings. The van der Waals surface area contributed by atoms with E-state index in [-0.39, 0.29) is 30.2 Å². The average Bonchev–Trinajstić information content (AvgIpc) is 3.01. The van der Waals surface area contributed by atoms with E-state index in [0.717, 1.165) is 0 Å². The predicted octanol–water partition coefficient (Wildman–Crippen LogP) is 6.36. The van der Waals surface area contributed by atoms with Crippen molar-refractivity contribution in [2.45, 2.75) is 45.7 Å². The highest BCUT2D eigenvalue weighted by Crippen LogP contribution is 2.43. The quantitative estimate of drug-likeness (QED) is 0.288. The molecule has 10 heteroatoms. The molecule has 1 aliphatic heterocycles. The minimum atomic E-state index is -0.653. The maximum atomic E-state index is 14.0. The minimum absolute atomic E-state index is 0.0160. The van der Waals surface area contributed by atoms with Crippen LogP contribution < -0.4 is 24.4 Å². The Hall–Kier alpha value is -4.24. The van der Waals surface area contributed by atoms with E-state index in [9.17, 15) is 14.4 Å². The van der Waals surface area contributed by atoms with E-state index in [2.05, 4.69) is 5.32 Å². The van der Waals surface area contributed by atoms with E-state index in [0.29, 0.717) is 57.7 Å². The topological polar surface area (TPSA) is 97.4 Å². The predicted molar refractivity (Wildman–Crippen MR) is 167 cm³/mol. The van der Waals surface area contributed by atoms with Crippen molar-refractivity contribution in [1.82, 2.24) is 4.90 Å². The summed E-state index contributed by atoms with van der Waals surface area (Å²) in [5, 5.41) is 3.30. The summed E-state index contributed by atoms with van der Waals surface area (Å²) in [5.74, 6) is 0.428. The molecule has 1 aliphatic rings. The summed E-state index contributed by atoms with van der Waals surface area (Å²) in [4.78, 5) is 44.1. The Balaban J connectivity index is 1.74. The Morgan fingerprint density at radius 2 is 1.67 bits per heavy atom. The minimum Gasteiger partial charge on any atom is -0.497 e. The number of nitrogens with one attached hydrogen (secondary N) is 1. The van der Waals surface area contributed by atoms with E-state index < -0.39 is 12.0 Å². The Bertz CT molecular complexity index is 1480. The molecule has 2 atom stereocenters. The SMILES string of the molecule is CCN(C(=O)c1cc(NC(=O)C2CCC(=O)N(c3ccc(OC)cc3)C2c2ccc(OC)c(OC)c2)ccc1Cl)C(C)C. The number of halogens is 1. The largest absolute Gasteiger partial charge is 0.497 e. The molecule has 1 heterocycles. The van der Waals surface area contributed by atoms with Gasteiger partial charge in [0.25, 0.3) is 5.91 Å². The fourth-order valence-corrected chi connectivity index (χ4v) is 5.73. The molecule has 0 radical (unpaired) electrons. The number of piperidine rings is 1. The number of hydrogen-bond acceptors (Lipinski definition) is 6. The second-order valence-electron chi connectivity index (χ2n) is 10.5. The Morgan fingerprint density at radius 3 is 2.28 bits per heavy atom. The van der Waals surface area contributed by atoms with Crippen LogP contribution in [0.4, 0.5) is 11.4 Å². The second-order valence-corrected chi connectivity index (χ2v) is 10.9. The van der Waals surface area contributed by atoms with Gasteiger partial charge in [-0.15, -0.1) is 0 Å². The van der Waals surface area contributed by atoms with Gasteiger partial charge < -0.3 is 29.3 Å². The van der Waals surface area contributed by atoms with Crippen molar-refractivity contribution in [3.8, 4) is 17.2 Å². The summed E-state index contributed by atoms with van der Waals surface area (Å²) < 4.78 is 16.3. The van der Waals surface area contributed by atoms with Crippen molar-refractivity contribution >= 4 is 40.7 Å². The first kappa shape index (κ1) is 31.7. The molecule has 2 unspecified atom stereocenters. The maximum Gasteiger partial charge on any atom is 0.255 e. The van der Waals surface area contributed by atoms with Crippen molar-refractivity contribution in [3.63, 3.8) is 0 Å². The molecule has 43 heavy (non-hydrogen) atoms. The van der Waals surface area contributed by atoms with Gasteiger partial charge in [0, 0.05) is 30.4 Å². The van der Waals surface area contributed by atoms with Crippen LogP contribution in [0, 0.1) is 5.92 Å². The lowest BCUT2D eigenvalue weighted by molar-refractivity contribution is -0.126. The van der Waals surface area contributed by atoms with Crippen LogP contribution in [0.25, 0.3) is 0 Å². The third-order valence-electron chi connectivity index (χ3n) is 7.72. The first-order valence-electron chi connectivity index (χ1n) is 14.2. The summed E-state index contributed by atoms with van der Waals surface area (Å²) in [7, 11) is 4.66. The molecule has 3 amide bonds. The molecule has 1 saturated heterocycles. The van der Waals surface area contributed by atoms with Gasteiger partial charge in [-0.05, 0) is 87.4 Å². The second kappa shape index (κ2) is 13.8. The number of carbonyl (C=O) groups excluding carboxylic acids is 3. The van der Waals surface area contributed by atoms with Crippen LogP contribution in [-0.4, -0.2) is 56.5 Å². The van der Waals surface area contributed by atoms with E-state index in [1.165, 1.54) is 7.11 Å². The molecule has 9 nitrogen and oxygen atoms in total. The highest BCUT2D eigenvalue weighted by Gasteiger charge is 2.42. The molecule has 0 aromatic heterocycles. The standard InChI is InChI=1S/C33H38ClN3O6/c1-7-36(20(2)3)33(40)26-19-22(9-15-27(26)34)35-32(39)25-14-17-30(38)37(23-10-12-24(41-4)13-11-23)31(25)21-8-16-28(42-5)29(18-21)43-6/h8-13,15-16,18-20,25,31H,7,14,17H2,1-6H3,(H,35,39). The van der Waals surface area contributed by atoms with Gasteiger partial charge in [-0.1, -0.05) is 17.7 Å². The number of rotatable bonds is 10. The van der Waals surface area contributed by atoms with Crippen molar-refractivity contribution in [3.05, 3.63) is 76.8 Å². The molecule has 0 saturated carbocycles. The number of amides is 3. The zero-order valence-electron chi connectivity index (χ0n) is 25.3. The van der Waals surface area contributed by atoms with Gasteiger partial charge in [-0.3, -0.25) is 14.4 Å². The number of anilines is 2. The smallest absolute Gasteiger partial charge is 0.255 e. The molecule has 228 valence electrons. The maximum absolute atomic E-state index is 14.0. The first-order valence-corrected chi connectivity index (χ1v) is 14.6. The van der Waals surface area contributed by atoms with Gasteiger partial charge >= 0.3 is 0 Å². The Morgan fingerprint density at radius 1 is 0.977 bits per heavy atom. The third kappa shape index (κ3) is 6.72. The molecular formula is C33H38ClN3O6. The summed E-state index contributed by atoms with van der Waals surface area (Å²) in [6.45, 7) is 6.31. The van der Waals surface area contributed by atoms with Crippen LogP contribution in [0.2, 0.25) is 5.02 Å². The number of benzene rings is 3. The van der Waals surface area contributed by atoms with Crippen molar-refractivity contribution < 1.29 is 28.6 Å². The number of hydrogen-bond donors (Lipinski definition) is 1.